The third-order valence-corrected chi connectivity index (χ3v) is 3.00. The highest BCUT2D eigenvalue weighted by atomic mass is 16.6. The number of ether oxygens (including phenoxy) is 3. The van der Waals surface area contributed by atoms with Crippen LogP contribution in [-0.4, -0.2) is 37.6 Å². The maximum atomic E-state index is 5.55. The van der Waals surface area contributed by atoms with E-state index >= 15 is 0 Å². The molecule has 13 heavy (non-hydrogen) atoms. The van der Waals surface area contributed by atoms with Crippen LogP contribution in [0.5, 0.6) is 0 Å². The second-order valence-electron chi connectivity index (χ2n) is 4.29. The van der Waals surface area contributed by atoms with Crippen molar-refractivity contribution in [2.24, 2.45) is 0 Å². The highest BCUT2D eigenvalue weighted by Crippen LogP contribution is 2.34. The Bertz CT molecular complexity index is 187. The van der Waals surface area contributed by atoms with E-state index in [0.29, 0.717) is 24.4 Å². The van der Waals surface area contributed by atoms with Gasteiger partial charge in [0, 0.05) is 6.42 Å². The van der Waals surface area contributed by atoms with Gasteiger partial charge in [-0.3, -0.25) is 0 Å². The second kappa shape index (κ2) is 3.23. The minimum absolute atomic E-state index is 0.521. The smallest absolute Gasteiger partial charge is 0.0867 e. The highest BCUT2D eigenvalue weighted by Gasteiger charge is 2.42. The molecule has 3 heterocycles. The molecule has 3 aliphatic heterocycles. The summed E-state index contributed by atoms with van der Waals surface area (Å²) in [6.07, 6.45) is 7.02. The van der Waals surface area contributed by atoms with Crippen molar-refractivity contribution >= 4 is 0 Å². The molecule has 0 aromatic heterocycles. The van der Waals surface area contributed by atoms with Crippen molar-refractivity contribution in [2.45, 2.75) is 50.1 Å². The van der Waals surface area contributed by atoms with Crippen molar-refractivity contribution in [3.05, 3.63) is 0 Å². The molecule has 0 spiro atoms. The van der Waals surface area contributed by atoms with Gasteiger partial charge in [0.15, 0.2) is 0 Å². The van der Waals surface area contributed by atoms with Crippen LogP contribution in [0, 0.1) is 0 Å². The molecule has 3 rings (SSSR count). The number of hydrogen-bond acceptors (Lipinski definition) is 3. The summed E-state index contributed by atoms with van der Waals surface area (Å²) in [6.45, 7) is 1.95. The standard InChI is InChI=1S/C10H16O3/c1(2-7-5-11-7)3-9-10(13-9)4-8-6-12-8/h7-10H,1-6H2/t7-,8+,9+,10+/m1/s1. The molecule has 0 aromatic rings. The van der Waals surface area contributed by atoms with Gasteiger partial charge in [-0.1, -0.05) is 0 Å². The molecule has 0 aromatic carbocycles. The van der Waals surface area contributed by atoms with E-state index in [1.165, 1.54) is 19.3 Å². The van der Waals surface area contributed by atoms with Crippen molar-refractivity contribution in [1.29, 1.82) is 0 Å². The van der Waals surface area contributed by atoms with Crippen LogP contribution in [0.15, 0.2) is 0 Å². The van der Waals surface area contributed by atoms with Crippen LogP contribution < -0.4 is 0 Å². The van der Waals surface area contributed by atoms with Crippen molar-refractivity contribution in [2.75, 3.05) is 13.2 Å². The van der Waals surface area contributed by atoms with Crippen molar-refractivity contribution < 1.29 is 14.2 Å². The SMILES string of the molecule is C(C[C@@H]1CO1)C[C@@H]1O[C@H]1C[C@H]1CO1. The van der Waals surface area contributed by atoms with Crippen LogP contribution in [0.25, 0.3) is 0 Å². The summed E-state index contributed by atoms with van der Waals surface area (Å²) >= 11 is 0. The molecular weight excluding hydrogens is 168 g/mol. The van der Waals surface area contributed by atoms with Crippen LogP contribution in [-0.2, 0) is 14.2 Å². The van der Waals surface area contributed by atoms with E-state index in [2.05, 4.69) is 0 Å². The lowest BCUT2D eigenvalue weighted by Gasteiger charge is -1.93. The minimum Gasteiger partial charge on any atom is -0.373 e. The lowest BCUT2D eigenvalue weighted by Crippen LogP contribution is -1.99. The molecule has 3 saturated heterocycles. The molecular formula is C10H16O3. The molecule has 3 nitrogen and oxygen atoms in total. The van der Waals surface area contributed by atoms with E-state index in [1.807, 2.05) is 0 Å². The van der Waals surface area contributed by atoms with E-state index in [4.69, 9.17) is 14.2 Å². The maximum Gasteiger partial charge on any atom is 0.0867 e. The van der Waals surface area contributed by atoms with Crippen LogP contribution in [0.1, 0.15) is 25.7 Å². The normalized spacial score (nSPS) is 46.2. The molecule has 3 aliphatic rings. The molecule has 3 fully saturated rings. The largest absolute Gasteiger partial charge is 0.373 e. The van der Waals surface area contributed by atoms with Crippen LogP contribution >= 0.6 is 0 Å². The summed E-state index contributed by atoms with van der Waals surface area (Å²) in [5, 5.41) is 0. The highest BCUT2D eigenvalue weighted by molar-refractivity contribution is 4.89. The Morgan fingerprint density at radius 1 is 0.923 bits per heavy atom. The van der Waals surface area contributed by atoms with Crippen LogP contribution in [0.2, 0.25) is 0 Å². The first-order valence-electron chi connectivity index (χ1n) is 5.30. The first kappa shape index (κ1) is 8.21. The van der Waals surface area contributed by atoms with Gasteiger partial charge >= 0.3 is 0 Å². The Morgan fingerprint density at radius 2 is 1.69 bits per heavy atom. The van der Waals surface area contributed by atoms with Gasteiger partial charge < -0.3 is 14.2 Å². The van der Waals surface area contributed by atoms with Gasteiger partial charge in [-0.2, -0.15) is 0 Å². The van der Waals surface area contributed by atoms with Gasteiger partial charge in [0.05, 0.1) is 37.6 Å². The van der Waals surface area contributed by atoms with Gasteiger partial charge in [-0.05, 0) is 19.3 Å². The zero-order valence-corrected chi connectivity index (χ0v) is 7.78. The molecule has 0 radical (unpaired) electrons. The molecule has 0 unspecified atom stereocenters. The summed E-state index contributed by atoms with van der Waals surface area (Å²) in [5.74, 6) is 0. The fourth-order valence-corrected chi connectivity index (χ4v) is 1.89. The predicted molar refractivity (Wildman–Crippen MR) is 46.6 cm³/mol. The van der Waals surface area contributed by atoms with Gasteiger partial charge in [-0.15, -0.1) is 0 Å². The molecule has 0 N–H and O–H groups in total. The average molecular weight is 184 g/mol. The molecule has 4 atom stereocenters. The molecule has 74 valence electrons. The van der Waals surface area contributed by atoms with Crippen LogP contribution in [0.3, 0.4) is 0 Å². The van der Waals surface area contributed by atoms with Gasteiger partial charge in [0.1, 0.15) is 0 Å². The molecule has 3 heteroatoms. The third kappa shape index (κ3) is 2.42. The molecule has 0 amide bonds. The van der Waals surface area contributed by atoms with Crippen molar-refractivity contribution in [1.82, 2.24) is 0 Å². The topological polar surface area (TPSA) is 37.6 Å². The maximum absolute atomic E-state index is 5.55. The minimum atomic E-state index is 0.521. The molecule has 0 saturated carbocycles. The van der Waals surface area contributed by atoms with Gasteiger partial charge in [-0.25, -0.2) is 0 Å². The van der Waals surface area contributed by atoms with Crippen LogP contribution in [0.4, 0.5) is 0 Å². The first-order chi connectivity index (χ1) is 6.42. The van der Waals surface area contributed by atoms with E-state index in [9.17, 15) is 0 Å². The van der Waals surface area contributed by atoms with Crippen molar-refractivity contribution in [3.63, 3.8) is 0 Å². The van der Waals surface area contributed by atoms with E-state index in [1.54, 1.807) is 0 Å². The summed E-state index contributed by atoms with van der Waals surface area (Å²) in [5.41, 5.74) is 0. The number of rotatable bonds is 6. The van der Waals surface area contributed by atoms with E-state index < -0.39 is 0 Å². The predicted octanol–water partition coefficient (Wildman–Crippen LogP) is 1.11. The van der Waals surface area contributed by atoms with E-state index in [-0.39, 0.29) is 0 Å². The summed E-state index contributed by atoms with van der Waals surface area (Å²) in [4.78, 5) is 0. The Hall–Kier alpha value is -0.120. The Kier molecular flexibility index (Phi) is 2.04. The van der Waals surface area contributed by atoms with E-state index in [0.717, 1.165) is 19.6 Å². The lowest BCUT2D eigenvalue weighted by atomic mass is 10.1. The van der Waals surface area contributed by atoms with Crippen molar-refractivity contribution in [3.8, 4) is 0 Å². The molecule has 0 bridgehead atoms. The molecule has 0 aliphatic carbocycles. The summed E-state index contributed by atoms with van der Waals surface area (Å²) < 4.78 is 15.9. The Labute approximate surface area is 78.3 Å². The number of epoxide rings is 3. The zero-order chi connectivity index (χ0) is 8.67. The van der Waals surface area contributed by atoms with Gasteiger partial charge in [0.25, 0.3) is 0 Å². The lowest BCUT2D eigenvalue weighted by molar-refractivity contribution is 0.325. The average Bonchev–Trinajstić information content (AvgIpc) is 2.91. The first-order valence-corrected chi connectivity index (χ1v) is 5.30. The Morgan fingerprint density at radius 3 is 2.38 bits per heavy atom. The quantitative estimate of drug-likeness (QED) is 0.580. The fraction of sp³-hybridized carbons (Fsp3) is 1.00. The second-order valence-corrected chi connectivity index (χ2v) is 4.29. The number of hydrogen-bond donors (Lipinski definition) is 0. The fourth-order valence-electron chi connectivity index (χ4n) is 1.89. The third-order valence-electron chi connectivity index (χ3n) is 3.00. The summed E-state index contributed by atoms with van der Waals surface area (Å²) in [6, 6.07) is 0. The van der Waals surface area contributed by atoms with Gasteiger partial charge in [0.2, 0.25) is 0 Å². The zero-order valence-electron chi connectivity index (χ0n) is 7.78. The Balaban J connectivity index is 1.25. The summed E-state index contributed by atoms with van der Waals surface area (Å²) in [7, 11) is 0. The monoisotopic (exact) mass is 184 g/mol.